The molecule has 11 heteroatoms. The molecular weight excluding hydrogens is 441 g/mol. The van der Waals surface area contributed by atoms with Crippen LogP contribution >= 0.6 is 0 Å². The fourth-order valence-corrected chi connectivity index (χ4v) is 2.77. The van der Waals surface area contributed by atoms with Crippen molar-refractivity contribution in [2.75, 3.05) is 0 Å². The lowest BCUT2D eigenvalue weighted by molar-refractivity contribution is -0.137. The van der Waals surface area contributed by atoms with E-state index in [-0.39, 0.29) is 28.7 Å². The standard InChI is InChI=1S/C22H15F3N4O4/c1-13(19-28-18(29-33-19)14-5-2-6-15(11-14)22(23,24)25)31-21(30)17-8-4-10-27-20(17)32-16-7-3-9-26-12-16/h2-13H,1H3. The van der Waals surface area contributed by atoms with Gasteiger partial charge in [0.25, 0.3) is 5.89 Å². The van der Waals surface area contributed by atoms with E-state index in [4.69, 9.17) is 14.0 Å². The van der Waals surface area contributed by atoms with Crippen LogP contribution in [0.1, 0.15) is 34.8 Å². The van der Waals surface area contributed by atoms with Crippen molar-refractivity contribution in [1.82, 2.24) is 20.1 Å². The summed E-state index contributed by atoms with van der Waals surface area (Å²) in [5.41, 5.74) is -0.688. The lowest BCUT2D eigenvalue weighted by Gasteiger charge is -2.12. The molecule has 8 nitrogen and oxygen atoms in total. The maximum atomic E-state index is 13.0. The van der Waals surface area contributed by atoms with E-state index in [1.54, 1.807) is 18.3 Å². The Bertz CT molecular complexity index is 1260. The Hall–Kier alpha value is -4.28. The fourth-order valence-electron chi connectivity index (χ4n) is 2.77. The molecule has 0 amide bonds. The van der Waals surface area contributed by atoms with Crippen molar-refractivity contribution in [2.45, 2.75) is 19.2 Å². The van der Waals surface area contributed by atoms with E-state index < -0.39 is 23.8 Å². The lowest BCUT2D eigenvalue weighted by Crippen LogP contribution is -2.11. The molecule has 0 saturated carbocycles. The Balaban J connectivity index is 1.50. The number of ether oxygens (including phenoxy) is 2. The van der Waals surface area contributed by atoms with Gasteiger partial charge in [0, 0.05) is 18.0 Å². The normalized spacial score (nSPS) is 12.2. The molecule has 0 fully saturated rings. The number of esters is 1. The molecule has 0 saturated heterocycles. The van der Waals surface area contributed by atoms with E-state index >= 15 is 0 Å². The number of aromatic nitrogens is 4. The smallest absolute Gasteiger partial charge is 0.416 e. The van der Waals surface area contributed by atoms with E-state index in [2.05, 4.69) is 20.1 Å². The third kappa shape index (κ3) is 5.14. The molecule has 0 N–H and O–H groups in total. The minimum Gasteiger partial charge on any atom is -0.449 e. The average molecular weight is 456 g/mol. The summed E-state index contributed by atoms with van der Waals surface area (Å²) in [6.45, 7) is 1.49. The third-order valence-corrected chi connectivity index (χ3v) is 4.36. The highest BCUT2D eigenvalue weighted by Gasteiger charge is 2.31. The number of hydrogen-bond acceptors (Lipinski definition) is 8. The van der Waals surface area contributed by atoms with Crippen LogP contribution in [0.25, 0.3) is 11.4 Å². The first-order valence-corrected chi connectivity index (χ1v) is 9.56. The zero-order valence-electron chi connectivity index (χ0n) is 17.0. The van der Waals surface area contributed by atoms with E-state index in [0.717, 1.165) is 12.1 Å². The average Bonchev–Trinajstić information content (AvgIpc) is 3.30. The van der Waals surface area contributed by atoms with Crippen molar-refractivity contribution < 1.29 is 32.0 Å². The topological polar surface area (TPSA) is 100 Å². The van der Waals surface area contributed by atoms with Crippen molar-refractivity contribution in [2.24, 2.45) is 0 Å². The van der Waals surface area contributed by atoms with Crippen molar-refractivity contribution in [3.05, 3.63) is 84.1 Å². The quantitative estimate of drug-likeness (QED) is 0.363. The molecule has 0 aliphatic carbocycles. The first-order valence-electron chi connectivity index (χ1n) is 9.56. The number of rotatable bonds is 6. The van der Waals surface area contributed by atoms with Gasteiger partial charge in [-0.25, -0.2) is 9.78 Å². The molecule has 3 heterocycles. The maximum Gasteiger partial charge on any atom is 0.416 e. The molecule has 0 radical (unpaired) electrons. The van der Waals surface area contributed by atoms with Crippen molar-refractivity contribution in [3.8, 4) is 23.0 Å². The van der Waals surface area contributed by atoms with Gasteiger partial charge in [0.2, 0.25) is 11.7 Å². The van der Waals surface area contributed by atoms with Gasteiger partial charge in [-0.3, -0.25) is 4.98 Å². The Morgan fingerprint density at radius 1 is 1.09 bits per heavy atom. The van der Waals surface area contributed by atoms with E-state index in [9.17, 15) is 18.0 Å². The summed E-state index contributed by atoms with van der Waals surface area (Å²) in [5.74, 6) is -0.539. The molecule has 4 aromatic rings. The second kappa shape index (κ2) is 9.07. The zero-order valence-corrected chi connectivity index (χ0v) is 17.0. The highest BCUT2D eigenvalue weighted by Crippen LogP contribution is 2.32. The highest BCUT2D eigenvalue weighted by molar-refractivity contribution is 5.92. The van der Waals surface area contributed by atoms with Gasteiger partial charge in [-0.05, 0) is 43.3 Å². The van der Waals surface area contributed by atoms with E-state index in [1.165, 1.54) is 43.6 Å². The second-order valence-corrected chi connectivity index (χ2v) is 6.73. The zero-order chi connectivity index (χ0) is 23.4. The molecule has 3 aromatic heterocycles. The van der Waals surface area contributed by atoms with Gasteiger partial charge in [0.1, 0.15) is 11.3 Å². The van der Waals surface area contributed by atoms with Gasteiger partial charge in [-0.1, -0.05) is 17.3 Å². The summed E-state index contributed by atoms with van der Waals surface area (Å²) in [7, 11) is 0. The molecule has 33 heavy (non-hydrogen) atoms. The molecule has 168 valence electrons. The van der Waals surface area contributed by atoms with Crippen molar-refractivity contribution in [3.63, 3.8) is 0 Å². The minimum absolute atomic E-state index is 0.0119. The first-order chi connectivity index (χ1) is 15.8. The number of pyridine rings is 2. The third-order valence-electron chi connectivity index (χ3n) is 4.36. The van der Waals surface area contributed by atoms with Crippen LogP contribution < -0.4 is 4.74 Å². The van der Waals surface area contributed by atoms with Crippen LogP contribution in [-0.4, -0.2) is 26.1 Å². The minimum atomic E-state index is -4.51. The molecule has 4 rings (SSSR count). The Morgan fingerprint density at radius 2 is 1.91 bits per heavy atom. The maximum absolute atomic E-state index is 13.0. The van der Waals surface area contributed by atoms with E-state index in [1.807, 2.05) is 0 Å². The molecule has 0 bridgehead atoms. The number of nitrogens with zero attached hydrogens (tertiary/aromatic N) is 4. The fraction of sp³-hybridized carbons (Fsp3) is 0.136. The van der Waals surface area contributed by atoms with Crippen LogP contribution in [0.3, 0.4) is 0 Å². The van der Waals surface area contributed by atoms with Crippen LogP contribution in [-0.2, 0) is 10.9 Å². The van der Waals surface area contributed by atoms with Crippen LogP contribution in [0.15, 0.2) is 71.6 Å². The predicted molar refractivity (Wildman–Crippen MR) is 107 cm³/mol. The molecule has 1 aromatic carbocycles. The van der Waals surface area contributed by atoms with Crippen LogP contribution in [0.2, 0.25) is 0 Å². The van der Waals surface area contributed by atoms with Crippen LogP contribution in [0, 0.1) is 0 Å². The van der Waals surface area contributed by atoms with Gasteiger partial charge in [0.15, 0.2) is 6.10 Å². The summed E-state index contributed by atoms with van der Waals surface area (Å²) in [6.07, 6.45) is -1.02. The van der Waals surface area contributed by atoms with Gasteiger partial charge < -0.3 is 14.0 Å². The number of carbonyl (C=O) groups is 1. The molecular formula is C22H15F3N4O4. The molecule has 0 spiro atoms. The Morgan fingerprint density at radius 3 is 2.67 bits per heavy atom. The number of benzene rings is 1. The monoisotopic (exact) mass is 456 g/mol. The summed E-state index contributed by atoms with van der Waals surface area (Å²) >= 11 is 0. The molecule has 0 aliphatic rings. The summed E-state index contributed by atoms with van der Waals surface area (Å²) in [5, 5.41) is 3.70. The number of alkyl halides is 3. The summed E-state index contributed by atoms with van der Waals surface area (Å²) < 4.78 is 54.9. The van der Waals surface area contributed by atoms with Crippen molar-refractivity contribution >= 4 is 5.97 Å². The molecule has 1 unspecified atom stereocenters. The van der Waals surface area contributed by atoms with Gasteiger partial charge in [-0.15, -0.1) is 0 Å². The molecule has 1 atom stereocenters. The van der Waals surface area contributed by atoms with Gasteiger partial charge in [-0.2, -0.15) is 18.2 Å². The van der Waals surface area contributed by atoms with Crippen LogP contribution in [0.4, 0.5) is 13.2 Å². The van der Waals surface area contributed by atoms with Gasteiger partial charge >= 0.3 is 12.1 Å². The highest BCUT2D eigenvalue weighted by atomic mass is 19.4. The predicted octanol–water partition coefficient (Wildman–Crippen LogP) is 5.26. The number of hydrogen-bond donors (Lipinski definition) is 0. The summed E-state index contributed by atoms with van der Waals surface area (Å²) in [6, 6.07) is 10.8. The van der Waals surface area contributed by atoms with E-state index in [0.29, 0.717) is 5.75 Å². The van der Waals surface area contributed by atoms with Crippen LogP contribution in [0.5, 0.6) is 11.6 Å². The lowest BCUT2D eigenvalue weighted by atomic mass is 10.1. The Kier molecular flexibility index (Phi) is 6.03. The SMILES string of the molecule is CC(OC(=O)c1cccnc1Oc1cccnc1)c1nc(-c2cccc(C(F)(F)F)c2)no1. The van der Waals surface area contributed by atoms with Gasteiger partial charge in [0.05, 0.1) is 11.8 Å². The summed E-state index contributed by atoms with van der Waals surface area (Å²) in [4.78, 5) is 24.7. The number of carbonyl (C=O) groups excluding carboxylic acids is 1. The van der Waals surface area contributed by atoms with Crippen molar-refractivity contribution in [1.29, 1.82) is 0 Å². The Labute approximate surface area is 185 Å². The largest absolute Gasteiger partial charge is 0.449 e. The number of halogens is 3. The molecule has 0 aliphatic heterocycles. The first kappa shape index (κ1) is 21.9. The second-order valence-electron chi connectivity index (χ2n) is 6.73.